The number of rotatable bonds is 5. The van der Waals surface area contributed by atoms with Gasteiger partial charge >= 0.3 is 0 Å². The molecule has 2 N–H and O–H groups in total. The highest BCUT2D eigenvalue weighted by atomic mass is 14.6. The molecule has 1 unspecified atom stereocenters. The molecule has 0 aromatic rings. The van der Waals surface area contributed by atoms with Crippen LogP contribution in [0.2, 0.25) is 0 Å². The zero-order chi connectivity index (χ0) is 8.27. The summed E-state index contributed by atoms with van der Waals surface area (Å²) in [5.74, 6) is 1.76. The molecule has 0 bridgehead atoms. The summed E-state index contributed by atoms with van der Waals surface area (Å²) in [5, 5.41) is 0. The molecule has 0 spiro atoms. The van der Waals surface area contributed by atoms with Gasteiger partial charge in [0, 0.05) is 6.04 Å². The van der Waals surface area contributed by atoms with Crippen LogP contribution in [0.25, 0.3) is 0 Å². The monoisotopic (exact) mass is 155 g/mol. The topological polar surface area (TPSA) is 26.0 Å². The third kappa shape index (κ3) is 3.24. The minimum Gasteiger partial charge on any atom is -0.327 e. The second kappa shape index (κ2) is 4.10. The van der Waals surface area contributed by atoms with E-state index in [4.69, 9.17) is 5.73 Å². The van der Waals surface area contributed by atoms with Crippen LogP contribution in [0.3, 0.4) is 0 Å². The van der Waals surface area contributed by atoms with Crippen LogP contribution in [0.1, 0.15) is 46.0 Å². The van der Waals surface area contributed by atoms with Crippen LogP contribution >= 0.6 is 0 Å². The van der Waals surface area contributed by atoms with E-state index in [9.17, 15) is 0 Å². The Labute approximate surface area is 70.4 Å². The standard InChI is InChI=1S/C10H21N/c1-3-8(2)10(11)7-6-9-4-5-9/h8-10H,3-7,11H2,1-2H3/t8?,10-/m1/s1. The van der Waals surface area contributed by atoms with Crippen molar-refractivity contribution in [3.8, 4) is 0 Å². The summed E-state index contributed by atoms with van der Waals surface area (Å²) in [7, 11) is 0. The molecule has 1 saturated carbocycles. The molecule has 1 fully saturated rings. The van der Waals surface area contributed by atoms with Gasteiger partial charge in [-0.3, -0.25) is 0 Å². The molecule has 1 heteroatoms. The van der Waals surface area contributed by atoms with Crippen molar-refractivity contribution < 1.29 is 0 Å². The summed E-state index contributed by atoms with van der Waals surface area (Å²) in [5.41, 5.74) is 6.00. The fourth-order valence-electron chi connectivity index (χ4n) is 1.42. The van der Waals surface area contributed by atoms with E-state index in [1.54, 1.807) is 0 Å². The van der Waals surface area contributed by atoms with Gasteiger partial charge in [-0.05, 0) is 24.7 Å². The first-order valence-electron chi connectivity index (χ1n) is 4.99. The Kier molecular flexibility index (Phi) is 3.38. The molecule has 1 aliphatic carbocycles. The lowest BCUT2D eigenvalue weighted by atomic mass is 9.95. The molecule has 0 radical (unpaired) electrons. The Morgan fingerprint density at radius 1 is 1.45 bits per heavy atom. The fraction of sp³-hybridized carbons (Fsp3) is 1.00. The molecule has 1 nitrogen and oxygen atoms in total. The predicted molar refractivity (Wildman–Crippen MR) is 49.4 cm³/mol. The Bertz CT molecular complexity index is 107. The smallest absolute Gasteiger partial charge is 0.00645 e. The quantitative estimate of drug-likeness (QED) is 0.648. The maximum absolute atomic E-state index is 6.00. The first-order valence-corrected chi connectivity index (χ1v) is 4.99. The number of hydrogen-bond acceptors (Lipinski definition) is 1. The van der Waals surface area contributed by atoms with Crippen LogP contribution in [0.5, 0.6) is 0 Å². The van der Waals surface area contributed by atoms with E-state index in [1.807, 2.05) is 0 Å². The maximum atomic E-state index is 6.00. The molecule has 1 aliphatic rings. The Morgan fingerprint density at radius 3 is 2.55 bits per heavy atom. The van der Waals surface area contributed by atoms with Crippen molar-refractivity contribution >= 4 is 0 Å². The summed E-state index contributed by atoms with van der Waals surface area (Å²) in [6, 6.07) is 0.459. The highest BCUT2D eigenvalue weighted by Gasteiger charge is 2.22. The van der Waals surface area contributed by atoms with Gasteiger partial charge in [0.05, 0.1) is 0 Å². The van der Waals surface area contributed by atoms with E-state index in [0.29, 0.717) is 12.0 Å². The van der Waals surface area contributed by atoms with E-state index in [1.165, 1.54) is 32.1 Å². The minimum atomic E-state index is 0.459. The van der Waals surface area contributed by atoms with E-state index < -0.39 is 0 Å². The van der Waals surface area contributed by atoms with Gasteiger partial charge in [-0.25, -0.2) is 0 Å². The van der Waals surface area contributed by atoms with Crippen molar-refractivity contribution in [3.63, 3.8) is 0 Å². The van der Waals surface area contributed by atoms with Gasteiger partial charge < -0.3 is 5.73 Å². The van der Waals surface area contributed by atoms with Crippen LogP contribution in [-0.4, -0.2) is 6.04 Å². The average Bonchev–Trinajstić information content (AvgIpc) is 2.81. The zero-order valence-corrected chi connectivity index (χ0v) is 7.84. The lowest BCUT2D eigenvalue weighted by molar-refractivity contribution is 0.403. The Hall–Kier alpha value is -0.0400. The third-order valence-corrected chi connectivity index (χ3v) is 2.98. The Balaban J connectivity index is 2.03. The van der Waals surface area contributed by atoms with Crippen molar-refractivity contribution in [2.24, 2.45) is 17.6 Å². The minimum absolute atomic E-state index is 0.459. The molecule has 0 heterocycles. The van der Waals surface area contributed by atoms with Crippen LogP contribution in [-0.2, 0) is 0 Å². The predicted octanol–water partition coefficient (Wildman–Crippen LogP) is 2.55. The lowest BCUT2D eigenvalue weighted by Crippen LogP contribution is -2.27. The molecule has 66 valence electrons. The van der Waals surface area contributed by atoms with Crippen molar-refractivity contribution in [3.05, 3.63) is 0 Å². The summed E-state index contributed by atoms with van der Waals surface area (Å²) < 4.78 is 0. The van der Waals surface area contributed by atoms with Gasteiger partial charge in [0.1, 0.15) is 0 Å². The molecular weight excluding hydrogens is 134 g/mol. The van der Waals surface area contributed by atoms with Crippen LogP contribution in [0.4, 0.5) is 0 Å². The van der Waals surface area contributed by atoms with Crippen molar-refractivity contribution in [2.75, 3.05) is 0 Å². The SMILES string of the molecule is CCC(C)[C@H](N)CCC1CC1. The molecule has 0 aromatic carbocycles. The lowest BCUT2D eigenvalue weighted by Gasteiger charge is -2.17. The van der Waals surface area contributed by atoms with E-state index in [0.717, 1.165) is 5.92 Å². The van der Waals surface area contributed by atoms with E-state index in [-0.39, 0.29) is 0 Å². The normalized spacial score (nSPS) is 23.2. The zero-order valence-electron chi connectivity index (χ0n) is 7.84. The summed E-state index contributed by atoms with van der Waals surface area (Å²) in [4.78, 5) is 0. The highest BCUT2D eigenvalue weighted by molar-refractivity contribution is 4.77. The molecule has 0 aromatic heterocycles. The van der Waals surface area contributed by atoms with Gasteiger partial charge in [-0.15, -0.1) is 0 Å². The van der Waals surface area contributed by atoms with Crippen molar-refractivity contribution in [2.45, 2.75) is 52.0 Å². The van der Waals surface area contributed by atoms with E-state index >= 15 is 0 Å². The summed E-state index contributed by atoms with van der Waals surface area (Å²) in [6.45, 7) is 4.49. The van der Waals surface area contributed by atoms with Crippen molar-refractivity contribution in [1.82, 2.24) is 0 Å². The van der Waals surface area contributed by atoms with Crippen molar-refractivity contribution in [1.29, 1.82) is 0 Å². The fourth-order valence-corrected chi connectivity index (χ4v) is 1.42. The number of nitrogens with two attached hydrogens (primary N) is 1. The van der Waals surface area contributed by atoms with Gasteiger partial charge in [-0.2, -0.15) is 0 Å². The summed E-state index contributed by atoms with van der Waals surface area (Å²) in [6.07, 6.45) is 6.79. The largest absolute Gasteiger partial charge is 0.327 e. The average molecular weight is 155 g/mol. The van der Waals surface area contributed by atoms with Gasteiger partial charge in [0.15, 0.2) is 0 Å². The highest BCUT2D eigenvalue weighted by Crippen LogP contribution is 2.34. The van der Waals surface area contributed by atoms with Crippen LogP contribution in [0.15, 0.2) is 0 Å². The first kappa shape index (κ1) is 9.05. The van der Waals surface area contributed by atoms with Crippen LogP contribution in [0, 0.1) is 11.8 Å². The summed E-state index contributed by atoms with van der Waals surface area (Å²) >= 11 is 0. The molecule has 0 saturated heterocycles. The number of hydrogen-bond donors (Lipinski definition) is 1. The van der Waals surface area contributed by atoms with Gasteiger partial charge in [0.2, 0.25) is 0 Å². The molecule has 11 heavy (non-hydrogen) atoms. The third-order valence-electron chi connectivity index (χ3n) is 2.98. The van der Waals surface area contributed by atoms with Gasteiger partial charge in [-0.1, -0.05) is 33.1 Å². The van der Waals surface area contributed by atoms with Gasteiger partial charge in [0.25, 0.3) is 0 Å². The molecule has 1 rings (SSSR count). The second-order valence-electron chi connectivity index (χ2n) is 4.07. The second-order valence-corrected chi connectivity index (χ2v) is 4.07. The molecule has 0 amide bonds. The van der Waals surface area contributed by atoms with Crippen LogP contribution < -0.4 is 5.73 Å². The Morgan fingerprint density at radius 2 is 2.09 bits per heavy atom. The molecule has 2 atom stereocenters. The first-order chi connectivity index (χ1) is 5.24. The maximum Gasteiger partial charge on any atom is 0.00645 e. The molecule has 0 aliphatic heterocycles. The van der Waals surface area contributed by atoms with E-state index in [2.05, 4.69) is 13.8 Å². The molecular formula is C10H21N.